The second-order valence-electron chi connectivity index (χ2n) is 7.33. The van der Waals surface area contributed by atoms with Gasteiger partial charge in [0.05, 0.1) is 0 Å². The summed E-state index contributed by atoms with van der Waals surface area (Å²) in [6, 6.07) is 11.5. The van der Waals surface area contributed by atoms with E-state index >= 15 is 0 Å². The molecule has 0 saturated carbocycles. The zero-order chi connectivity index (χ0) is 17.5. The van der Waals surface area contributed by atoms with Crippen LogP contribution in [0.15, 0.2) is 35.3 Å². The van der Waals surface area contributed by atoms with Crippen LogP contribution < -0.4 is 10.6 Å². The third kappa shape index (κ3) is 5.65. The number of nitrogens with zero attached hydrogens (tertiary/aromatic N) is 2. The van der Waals surface area contributed by atoms with Crippen LogP contribution in [0.2, 0.25) is 0 Å². The number of likely N-dealkylation sites (tertiary alicyclic amines) is 1. The van der Waals surface area contributed by atoms with E-state index in [1.54, 1.807) is 0 Å². The summed E-state index contributed by atoms with van der Waals surface area (Å²) in [5, 5.41) is 7.80. The van der Waals surface area contributed by atoms with Crippen LogP contribution >= 0.6 is 11.8 Å². The lowest BCUT2D eigenvalue weighted by Crippen LogP contribution is -2.42. The van der Waals surface area contributed by atoms with Crippen LogP contribution in [0.1, 0.15) is 31.7 Å². The third-order valence-corrected chi connectivity index (χ3v) is 6.72. The fourth-order valence-electron chi connectivity index (χ4n) is 3.88. The van der Waals surface area contributed by atoms with Crippen molar-refractivity contribution in [3.05, 3.63) is 35.9 Å². The zero-order valence-corrected chi connectivity index (χ0v) is 16.4. The molecule has 0 radical (unpaired) electrons. The van der Waals surface area contributed by atoms with Gasteiger partial charge in [-0.25, -0.2) is 0 Å². The number of benzene rings is 1. The van der Waals surface area contributed by atoms with Crippen molar-refractivity contribution in [2.45, 2.75) is 44.0 Å². The van der Waals surface area contributed by atoms with E-state index in [-0.39, 0.29) is 0 Å². The molecule has 2 saturated heterocycles. The Bertz CT molecular complexity index is 542. The predicted molar refractivity (Wildman–Crippen MR) is 109 cm³/mol. The Balaban J connectivity index is 1.40. The van der Waals surface area contributed by atoms with Crippen LogP contribution in [0.4, 0.5) is 0 Å². The standard InChI is InChI=1S/C20H32N4S/c1-16-11-18(15-24(16)14-17-7-4-3-5-8-17)12-22-20(21-2)23-13-19-9-6-10-25-19/h3-5,7-8,16,18-19H,6,9-15H2,1-2H3,(H2,21,22,23). The topological polar surface area (TPSA) is 39.7 Å². The van der Waals surface area contributed by atoms with Gasteiger partial charge in [0.15, 0.2) is 5.96 Å². The smallest absolute Gasteiger partial charge is 0.191 e. The first-order valence-corrected chi connectivity index (χ1v) is 10.6. The summed E-state index contributed by atoms with van der Waals surface area (Å²) in [7, 11) is 1.87. The molecular formula is C20H32N4S. The summed E-state index contributed by atoms with van der Waals surface area (Å²) in [6.07, 6.45) is 3.96. The fourth-order valence-corrected chi connectivity index (χ4v) is 5.08. The molecule has 2 aliphatic rings. The molecule has 3 unspecified atom stereocenters. The summed E-state index contributed by atoms with van der Waals surface area (Å²) in [5.41, 5.74) is 1.41. The maximum Gasteiger partial charge on any atom is 0.191 e. The molecule has 0 spiro atoms. The molecule has 4 nitrogen and oxygen atoms in total. The number of nitrogens with one attached hydrogen (secondary N) is 2. The maximum atomic E-state index is 4.39. The van der Waals surface area contributed by atoms with Gasteiger partial charge < -0.3 is 10.6 Å². The van der Waals surface area contributed by atoms with Crippen molar-refractivity contribution in [3.63, 3.8) is 0 Å². The van der Waals surface area contributed by atoms with E-state index in [2.05, 4.69) is 69.5 Å². The third-order valence-electron chi connectivity index (χ3n) is 5.32. The molecule has 1 aromatic carbocycles. The minimum absolute atomic E-state index is 0.650. The van der Waals surface area contributed by atoms with Crippen molar-refractivity contribution in [3.8, 4) is 0 Å². The van der Waals surface area contributed by atoms with E-state index in [4.69, 9.17) is 0 Å². The van der Waals surface area contributed by atoms with Gasteiger partial charge >= 0.3 is 0 Å². The molecule has 2 aliphatic heterocycles. The quantitative estimate of drug-likeness (QED) is 0.604. The fraction of sp³-hybridized carbons (Fsp3) is 0.650. The van der Waals surface area contributed by atoms with Gasteiger partial charge in [-0.2, -0.15) is 11.8 Å². The van der Waals surface area contributed by atoms with Crippen molar-refractivity contribution in [1.29, 1.82) is 0 Å². The monoisotopic (exact) mass is 360 g/mol. The largest absolute Gasteiger partial charge is 0.356 e. The number of hydrogen-bond donors (Lipinski definition) is 2. The van der Waals surface area contributed by atoms with Crippen LogP contribution in [-0.4, -0.2) is 54.6 Å². The lowest BCUT2D eigenvalue weighted by Gasteiger charge is -2.21. The molecule has 2 fully saturated rings. The van der Waals surface area contributed by atoms with Crippen LogP contribution in [-0.2, 0) is 6.54 Å². The summed E-state index contributed by atoms with van der Waals surface area (Å²) >= 11 is 2.09. The van der Waals surface area contributed by atoms with Gasteiger partial charge in [0.2, 0.25) is 0 Å². The first-order chi connectivity index (χ1) is 12.2. The number of thioether (sulfide) groups is 1. The molecule has 0 bridgehead atoms. The van der Waals surface area contributed by atoms with E-state index < -0.39 is 0 Å². The molecule has 3 rings (SSSR count). The lowest BCUT2D eigenvalue weighted by atomic mass is 10.1. The first-order valence-electron chi connectivity index (χ1n) is 9.58. The normalized spacial score (nSPS) is 27.6. The highest BCUT2D eigenvalue weighted by Crippen LogP contribution is 2.25. The van der Waals surface area contributed by atoms with Crippen molar-refractivity contribution in [2.75, 3.05) is 32.4 Å². The number of aliphatic imine (C=N–C) groups is 1. The van der Waals surface area contributed by atoms with Crippen molar-refractivity contribution >= 4 is 17.7 Å². The summed E-state index contributed by atoms with van der Waals surface area (Å²) < 4.78 is 0. The van der Waals surface area contributed by atoms with Gasteiger partial charge in [-0.3, -0.25) is 9.89 Å². The molecule has 3 atom stereocenters. The summed E-state index contributed by atoms with van der Waals surface area (Å²) in [6.45, 7) is 6.62. The summed E-state index contributed by atoms with van der Waals surface area (Å²) in [4.78, 5) is 6.99. The van der Waals surface area contributed by atoms with Crippen LogP contribution in [0.25, 0.3) is 0 Å². The highest BCUT2D eigenvalue weighted by Gasteiger charge is 2.28. The molecule has 0 aromatic heterocycles. The number of hydrogen-bond acceptors (Lipinski definition) is 3. The van der Waals surface area contributed by atoms with Crippen LogP contribution in [0.3, 0.4) is 0 Å². The average Bonchev–Trinajstić information content (AvgIpc) is 3.26. The van der Waals surface area contributed by atoms with Crippen LogP contribution in [0, 0.1) is 5.92 Å². The molecule has 1 aromatic rings. The van der Waals surface area contributed by atoms with E-state index in [1.165, 1.54) is 37.1 Å². The van der Waals surface area contributed by atoms with Gasteiger partial charge in [0.25, 0.3) is 0 Å². The molecule has 0 amide bonds. The Morgan fingerprint density at radius 1 is 1.24 bits per heavy atom. The minimum Gasteiger partial charge on any atom is -0.356 e. The summed E-state index contributed by atoms with van der Waals surface area (Å²) in [5.74, 6) is 2.97. The SMILES string of the molecule is CN=C(NCC1CC(C)N(Cc2ccccc2)C1)NCC1CCCS1. The number of rotatable bonds is 6. The van der Waals surface area contributed by atoms with Gasteiger partial charge in [-0.1, -0.05) is 30.3 Å². The molecular weight excluding hydrogens is 328 g/mol. The average molecular weight is 361 g/mol. The van der Waals surface area contributed by atoms with E-state index in [0.29, 0.717) is 12.0 Å². The Hall–Kier alpha value is -1.20. The Kier molecular flexibility index (Phi) is 7.05. The lowest BCUT2D eigenvalue weighted by molar-refractivity contribution is 0.255. The van der Waals surface area contributed by atoms with Crippen molar-refractivity contribution in [1.82, 2.24) is 15.5 Å². The highest BCUT2D eigenvalue weighted by atomic mass is 32.2. The van der Waals surface area contributed by atoms with Crippen molar-refractivity contribution < 1.29 is 0 Å². The molecule has 138 valence electrons. The molecule has 2 N–H and O–H groups in total. The van der Waals surface area contributed by atoms with Crippen LogP contribution in [0.5, 0.6) is 0 Å². The Labute approximate surface area is 156 Å². The van der Waals surface area contributed by atoms with Gasteiger partial charge in [0.1, 0.15) is 0 Å². The van der Waals surface area contributed by atoms with E-state index in [0.717, 1.165) is 30.8 Å². The van der Waals surface area contributed by atoms with Crippen molar-refractivity contribution in [2.24, 2.45) is 10.9 Å². The predicted octanol–water partition coefficient (Wildman–Crippen LogP) is 2.96. The molecule has 25 heavy (non-hydrogen) atoms. The highest BCUT2D eigenvalue weighted by molar-refractivity contribution is 8.00. The molecule has 0 aliphatic carbocycles. The molecule has 5 heteroatoms. The van der Waals surface area contributed by atoms with Gasteiger partial charge in [-0.15, -0.1) is 0 Å². The number of guanidine groups is 1. The maximum absolute atomic E-state index is 4.39. The Morgan fingerprint density at radius 2 is 2.04 bits per heavy atom. The first kappa shape index (κ1) is 18.6. The second-order valence-corrected chi connectivity index (χ2v) is 8.74. The zero-order valence-electron chi connectivity index (χ0n) is 15.6. The van der Waals surface area contributed by atoms with Gasteiger partial charge in [0, 0.05) is 44.5 Å². The molecule has 2 heterocycles. The van der Waals surface area contributed by atoms with E-state index in [1.807, 2.05) is 7.05 Å². The minimum atomic E-state index is 0.650. The van der Waals surface area contributed by atoms with E-state index in [9.17, 15) is 0 Å². The Morgan fingerprint density at radius 3 is 2.76 bits per heavy atom. The second kappa shape index (κ2) is 9.48. The van der Waals surface area contributed by atoms with Gasteiger partial charge in [-0.05, 0) is 43.4 Å².